The molecule has 0 radical (unpaired) electrons. The monoisotopic (exact) mass is 328 g/mol. The van der Waals surface area contributed by atoms with E-state index in [9.17, 15) is 4.79 Å². The van der Waals surface area contributed by atoms with Crippen LogP contribution in [-0.2, 0) is 4.79 Å². The third kappa shape index (κ3) is 5.73. The summed E-state index contributed by atoms with van der Waals surface area (Å²) in [5.41, 5.74) is 0. The summed E-state index contributed by atoms with van der Waals surface area (Å²) < 4.78 is 10.7. The number of methoxy groups -OCH3 is 1. The molecule has 1 aromatic rings. The number of ether oxygens (including phenoxy) is 2. The largest absolute Gasteiger partial charge is 0.497 e. The zero-order chi connectivity index (χ0) is 15.1. The molecule has 0 saturated carbocycles. The van der Waals surface area contributed by atoms with Gasteiger partial charge in [-0.2, -0.15) is 0 Å². The van der Waals surface area contributed by atoms with Crippen molar-refractivity contribution in [1.29, 1.82) is 0 Å². The van der Waals surface area contributed by atoms with Gasteiger partial charge in [-0.05, 0) is 37.7 Å². The smallest absolute Gasteiger partial charge is 0.222 e. The van der Waals surface area contributed by atoms with Gasteiger partial charge in [0.25, 0.3) is 0 Å². The zero-order valence-electron chi connectivity index (χ0n) is 13.3. The molecule has 0 N–H and O–H groups in total. The fourth-order valence-electron chi connectivity index (χ4n) is 2.30. The van der Waals surface area contributed by atoms with E-state index in [0.717, 1.165) is 44.1 Å². The number of carbonyl (C=O) groups excluding carboxylic acids is 1. The first kappa shape index (κ1) is 18.6. The van der Waals surface area contributed by atoms with E-state index in [1.807, 2.05) is 29.2 Å². The van der Waals surface area contributed by atoms with Gasteiger partial charge < -0.3 is 19.3 Å². The molecule has 5 nitrogen and oxygen atoms in total. The summed E-state index contributed by atoms with van der Waals surface area (Å²) in [7, 11) is 3.73. The lowest BCUT2D eigenvalue weighted by molar-refractivity contribution is -0.133. The van der Waals surface area contributed by atoms with Crippen LogP contribution in [-0.4, -0.2) is 62.7 Å². The maximum Gasteiger partial charge on any atom is 0.222 e. The second kappa shape index (κ2) is 9.54. The van der Waals surface area contributed by atoms with Gasteiger partial charge in [0.1, 0.15) is 11.5 Å². The summed E-state index contributed by atoms with van der Waals surface area (Å²) in [5.74, 6) is 1.86. The van der Waals surface area contributed by atoms with Gasteiger partial charge in [-0.1, -0.05) is 0 Å². The Bertz CT molecular complexity index is 445. The predicted octanol–water partition coefficient (Wildman–Crippen LogP) is 2.05. The van der Waals surface area contributed by atoms with Crippen LogP contribution in [0.2, 0.25) is 0 Å². The molecule has 0 aromatic heterocycles. The van der Waals surface area contributed by atoms with E-state index in [4.69, 9.17) is 9.47 Å². The van der Waals surface area contributed by atoms with E-state index < -0.39 is 0 Å². The molecule has 1 aliphatic rings. The van der Waals surface area contributed by atoms with Gasteiger partial charge in [0.2, 0.25) is 5.91 Å². The number of piperazine rings is 1. The van der Waals surface area contributed by atoms with E-state index >= 15 is 0 Å². The minimum absolute atomic E-state index is 0. The molecule has 0 spiro atoms. The molecule has 22 heavy (non-hydrogen) atoms. The predicted molar refractivity (Wildman–Crippen MR) is 89.0 cm³/mol. The standard InChI is InChI=1S/C16H24N2O3.ClH/c1-17-9-11-18(12-10-17)16(19)4-3-13-21-15-7-5-14(20-2)6-8-15;/h5-8H,3-4,9-13H2,1-2H3;1H. The number of hydrogen-bond acceptors (Lipinski definition) is 4. The fraction of sp³-hybridized carbons (Fsp3) is 0.562. The molecular formula is C16H25ClN2O3. The highest BCUT2D eigenvalue weighted by molar-refractivity contribution is 5.85. The number of nitrogens with zero attached hydrogens (tertiary/aromatic N) is 2. The molecule has 0 atom stereocenters. The number of hydrogen-bond donors (Lipinski definition) is 0. The van der Waals surface area contributed by atoms with Gasteiger partial charge in [-0.15, -0.1) is 12.4 Å². The van der Waals surface area contributed by atoms with Gasteiger partial charge in [-0.25, -0.2) is 0 Å². The molecule has 0 bridgehead atoms. The highest BCUT2D eigenvalue weighted by Gasteiger charge is 2.18. The summed E-state index contributed by atoms with van der Waals surface area (Å²) in [5, 5.41) is 0. The zero-order valence-corrected chi connectivity index (χ0v) is 14.1. The Balaban J connectivity index is 0.00000242. The maximum atomic E-state index is 12.0. The summed E-state index contributed by atoms with van der Waals surface area (Å²) >= 11 is 0. The van der Waals surface area contributed by atoms with Crippen LogP contribution in [0.5, 0.6) is 11.5 Å². The Morgan fingerprint density at radius 2 is 1.68 bits per heavy atom. The molecule has 124 valence electrons. The van der Waals surface area contributed by atoms with Crippen LogP contribution in [0.3, 0.4) is 0 Å². The molecule has 1 fully saturated rings. The molecule has 6 heteroatoms. The van der Waals surface area contributed by atoms with Crippen molar-refractivity contribution < 1.29 is 14.3 Å². The van der Waals surface area contributed by atoms with Gasteiger partial charge in [0.15, 0.2) is 0 Å². The van der Waals surface area contributed by atoms with E-state index in [1.165, 1.54) is 0 Å². The molecule has 1 amide bonds. The van der Waals surface area contributed by atoms with Crippen molar-refractivity contribution in [3.8, 4) is 11.5 Å². The minimum Gasteiger partial charge on any atom is -0.497 e. The maximum absolute atomic E-state index is 12.0. The molecule has 2 rings (SSSR count). The van der Waals surface area contributed by atoms with E-state index in [0.29, 0.717) is 13.0 Å². The molecule has 1 aromatic carbocycles. The molecule has 1 aliphatic heterocycles. The normalized spacial score (nSPS) is 15.1. The fourth-order valence-corrected chi connectivity index (χ4v) is 2.30. The topological polar surface area (TPSA) is 42.0 Å². The quantitative estimate of drug-likeness (QED) is 0.750. The van der Waals surface area contributed by atoms with Crippen LogP contribution in [0.4, 0.5) is 0 Å². The third-order valence-corrected chi connectivity index (χ3v) is 3.72. The Labute approximate surface area is 138 Å². The number of benzene rings is 1. The van der Waals surface area contributed by atoms with Gasteiger partial charge in [-0.3, -0.25) is 4.79 Å². The average Bonchev–Trinajstić information content (AvgIpc) is 2.52. The van der Waals surface area contributed by atoms with E-state index in [-0.39, 0.29) is 18.3 Å². The number of carbonyl (C=O) groups is 1. The Kier molecular flexibility index (Phi) is 8.06. The molecule has 0 aliphatic carbocycles. The number of rotatable bonds is 6. The molecular weight excluding hydrogens is 304 g/mol. The summed E-state index contributed by atoms with van der Waals surface area (Å²) in [4.78, 5) is 16.2. The van der Waals surface area contributed by atoms with Crippen LogP contribution in [0.15, 0.2) is 24.3 Å². The number of likely N-dealkylation sites (N-methyl/N-ethyl adjacent to an activating group) is 1. The number of amides is 1. The number of halogens is 1. The first-order chi connectivity index (χ1) is 10.2. The lowest BCUT2D eigenvalue weighted by atomic mass is 10.2. The summed E-state index contributed by atoms with van der Waals surface area (Å²) in [6.07, 6.45) is 1.30. The van der Waals surface area contributed by atoms with Crippen molar-refractivity contribution >= 4 is 18.3 Å². The van der Waals surface area contributed by atoms with Crippen molar-refractivity contribution in [3.63, 3.8) is 0 Å². The van der Waals surface area contributed by atoms with E-state index in [1.54, 1.807) is 7.11 Å². The summed E-state index contributed by atoms with van der Waals surface area (Å²) in [6.45, 7) is 4.18. The second-order valence-corrected chi connectivity index (χ2v) is 5.31. The average molecular weight is 329 g/mol. The van der Waals surface area contributed by atoms with Crippen molar-refractivity contribution in [1.82, 2.24) is 9.80 Å². The minimum atomic E-state index is 0. The second-order valence-electron chi connectivity index (χ2n) is 5.31. The van der Waals surface area contributed by atoms with Crippen molar-refractivity contribution in [2.24, 2.45) is 0 Å². The first-order valence-electron chi connectivity index (χ1n) is 7.42. The lowest BCUT2D eigenvalue weighted by Gasteiger charge is -2.32. The van der Waals surface area contributed by atoms with Crippen LogP contribution in [0.1, 0.15) is 12.8 Å². The Morgan fingerprint density at radius 3 is 2.27 bits per heavy atom. The molecule has 1 heterocycles. The first-order valence-corrected chi connectivity index (χ1v) is 7.42. The summed E-state index contributed by atoms with van der Waals surface area (Å²) in [6, 6.07) is 7.48. The van der Waals surface area contributed by atoms with Gasteiger partial charge >= 0.3 is 0 Å². The molecule has 0 unspecified atom stereocenters. The highest BCUT2D eigenvalue weighted by atomic mass is 35.5. The highest BCUT2D eigenvalue weighted by Crippen LogP contribution is 2.17. The van der Waals surface area contributed by atoms with Crippen molar-refractivity contribution in [2.75, 3.05) is 46.9 Å². The van der Waals surface area contributed by atoms with Crippen LogP contribution in [0, 0.1) is 0 Å². The van der Waals surface area contributed by atoms with Gasteiger partial charge in [0, 0.05) is 32.6 Å². The molecule has 1 saturated heterocycles. The lowest BCUT2D eigenvalue weighted by Crippen LogP contribution is -2.47. The SMILES string of the molecule is COc1ccc(OCCCC(=O)N2CCN(C)CC2)cc1.Cl. The van der Waals surface area contributed by atoms with Crippen LogP contribution >= 0.6 is 12.4 Å². The van der Waals surface area contributed by atoms with Crippen molar-refractivity contribution in [2.45, 2.75) is 12.8 Å². The third-order valence-electron chi connectivity index (χ3n) is 3.72. The van der Waals surface area contributed by atoms with Crippen molar-refractivity contribution in [3.05, 3.63) is 24.3 Å². The Morgan fingerprint density at radius 1 is 1.09 bits per heavy atom. The van der Waals surface area contributed by atoms with Crippen LogP contribution in [0.25, 0.3) is 0 Å². The Hall–Kier alpha value is -1.46. The van der Waals surface area contributed by atoms with Crippen LogP contribution < -0.4 is 9.47 Å². The van der Waals surface area contributed by atoms with E-state index in [2.05, 4.69) is 11.9 Å². The van der Waals surface area contributed by atoms with Gasteiger partial charge in [0.05, 0.1) is 13.7 Å².